The van der Waals surface area contributed by atoms with E-state index in [1.54, 1.807) is 26.8 Å². The van der Waals surface area contributed by atoms with Crippen LogP contribution in [-0.2, 0) is 14.3 Å². The van der Waals surface area contributed by atoms with Gasteiger partial charge in [0, 0.05) is 17.8 Å². The summed E-state index contributed by atoms with van der Waals surface area (Å²) < 4.78 is 10.0. The Morgan fingerprint density at radius 1 is 1.48 bits per heavy atom. The second kappa shape index (κ2) is 5.71. The van der Waals surface area contributed by atoms with Crippen molar-refractivity contribution < 1.29 is 18.8 Å². The van der Waals surface area contributed by atoms with E-state index in [1.165, 1.54) is 12.3 Å². The first-order valence-corrected chi connectivity index (χ1v) is 6.91. The summed E-state index contributed by atoms with van der Waals surface area (Å²) in [6, 6.07) is 1.66. The average Bonchev–Trinajstić information content (AvgIpc) is 2.77. The highest BCUT2D eigenvalue weighted by Crippen LogP contribution is 2.29. The largest absolute Gasteiger partial charge is 0.459 e. The first-order chi connectivity index (χ1) is 9.76. The van der Waals surface area contributed by atoms with Gasteiger partial charge in [-0.2, -0.15) is 0 Å². The number of ether oxygens (including phenoxy) is 1. The molecule has 1 aliphatic carbocycles. The Hall–Kier alpha value is -2.11. The maximum absolute atomic E-state index is 12.2. The van der Waals surface area contributed by atoms with Crippen molar-refractivity contribution in [1.82, 2.24) is 5.16 Å². The molecule has 6 nitrogen and oxygen atoms in total. The lowest BCUT2D eigenvalue weighted by molar-refractivity contribution is -0.163. The molecule has 0 bridgehead atoms. The van der Waals surface area contributed by atoms with Crippen molar-refractivity contribution in [3.63, 3.8) is 0 Å². The van der Waals surface area contributed by atoms with Crippen molar-refractivity contribution in [2.75, 3.05) is 5.32 Å². The fourth-order valence-corrected chi connectivity index (χ4v) is 2.31. The van der Waals surface area contributed by atoms with Gasteiger partial charge in [-0.1, -0.05) is 12.1 Å². The summed E-state index contributed by atoms with van der Waals surface area (Å²) in [6.45, 7) is 7.23. The highest BCUT2D eigenvalue weighted by molar-refractivity contribution is 6.06. The summed E-state index contributed by atoms with van der Waals surface area (Å²) in [6.07, 6.45) is 3.46. The summed E-state index contributed by atoms with van der Waals surface area (Å²) in [5.41, 5.74) is 0.126. The van der Waals surface area contributed by atoms with Crippen LogP contribution in [0.5, 0.6) is 0 Å². The number of carbonyl (C=O) groups is 2. The maximum Gasteiger partial charge on any atom is 0.317 e. The number of aromatic nitrogens is 1. The van der Waals surface area contributed by atoms with Gasteiger partial charge < -0.3 is 14.6 Å². The quantitative estimate of drug-likeness (QED) is 0.681. The molecule has 1 heterocycles. The second-order valence-corrected chi connectivity index (χ2v) is 6.27. The van der Waals surface area contributed by atoms with Gasteiger partial charge in [-0.15, -0.1) is 0 Å². The third-order valence-electron chi connectivity index (χ3n) is 3.12. The summed E-state index contributed by atoms with van der Waals surface area (Å²) in [5.74, 6) is -1.04. The second-order valence-electron chi connectivity index (χ2n) is 6.27. The first-order valence-electron chi connectivity index (χ1n) is 6.91. The highest BCUT2D eigenvalue weighted by atomic mass is 16.6. The monoisotopic (exact) mass is 292 g/mol. The summed E-state index contributed by atoms with van der Waals surface area (Å²) in [4.78, 5) is 24.3. The molecule has 0 amide bonds. The van der Waals surface area contributed by atoms with E-state index in [0.717, 1.165) is 5.70 Å². The van der Waals surface area contributed by atoms with Crippen molar-refractivity contribution in [2.24, 2.45) is 11.8 Å². The number of hydrogen-bond acceptors (Lipinski definition) is 6. The Morgan fingerprint density at radius 2 is 2.19 bits per heavy atom. The molecular weight excluding hydrogens is 272 g/mol. The molecule has 0 saturated carbocycles. The van der Waals surface area contributed by atoms with Crippen LogP contribution in [0.3, 0.4) is 0 Å². The molecule has 114 valence electrons. The van der Waals surface area contributed by atoms with Crippen LogP contribution >= 0.6 is 0 Å². The minimum absolute atomic E-state index is 0.133. The molecular formula is C15H20N2O4. The summed E-state index contributed by atoms with van der Waals surface area (Å²) >= 11 is 0. The smallest absolute Gasteiger partial charge is 0.317 e. The molecule has 1 aromatic heterocycles. The van der Waals surface area contributed by atoms with Crippen LogP contribution in [-0.4, -0.2) is 22.5 Å². The zero-order valence-electron chi connectivity index (χ0n) is 12.7. The van der Waals surface area contributed by atoms with E-state index in [1.807, 2.05) is 6.92 Å². The van der Waals surface area contributed by atoms with Crippen LogP contribution in [0.2, 0.25) is 0 Å². The minimum atomic E-state index is -0.743. The number of nitrogens with one attached hydrogen (secondary N) is 1. The van der Waals surface area contributed by atoms with Crippen molar-refractivity contribution in [3.05, 3.63) is 24.1 Å². The predicted octanol–water partition coefficient (Wildman–Crippen LogP) is 2.54. The molecule has 1 aromatic rings. The van der Waals surface area contributed by atoms with Crippen LogP contribution < -0.4 is 5.32 Å². The highest BCUT2D eigenvalue weighted by Gasteiger charge is 2.37. The fraction of sp³-hybridized carbons (Fsp3) is 0.533. The lowest BCUT2D eigenvalue weighted by Crippen LogP contribution is -2.38. The predicted molar refractivity (Wildman–Crippen MR) is 76.3 cm³/mol. The standard InChI is InChI=1S/C15H20N2O4/c1-9-7-10(16-12-5-6-20-17-12)8-11(18)13(9)14(19)21-15(2,3)4/h5-6,8-9,13H,7H2,1-4H3,(H,16,17). The SMILES string of the molecule is CC1CC(Nc2ccon2)=CC(=O)C1C(=O)OC(C)(C)C. The number of anilines is 1. The van der Waals surface area contributed by atoms with E-state index < -0.39 is 17.5 Å². The molecule has 1 aliphatic rings. The molecule has 2 unspecified atom stereocenters. The van der Waals surface area contributed by atoms with Crippen LogP contribution in [0.1, 0.15) is 34.1 Å². The lowest BCUT2D eigenvalue weighted by atomic mass is 9.82. The van der Waals surface area contributed by atoms with E-state index in [9.17, 15) is 9.59 Å². The number of carbonyl (C=O) groups excluding carboxylic acids is 2. The number of rotatable bonds is 3. The molecule has 21 heavy (non-hydrogen) atoms. The van der Waals surface area contributed by atoms with E-state index in [4.69, 9.17) is 9.26 Å². The van der Waals surface area contributed by atoms with Crippen LogP contribution in [0.4, 0.5) is 5.82 Å². The molecule has 0 saturated heterocycles. The van der Waals surface area contributed by atoms with Gasteiger partial charge in [0.1, 0.15) is 17.8 Å². The molecule has 0 spiro atoms. The van der Waals surface area contributed by atoms with Crippen molar-refractivity contribution in [3.8, 4) is 0 Å². The molecule has 0 aromatic carbocycles. The van der Waals surface area contributed by atoms with Gasteiger partial charge in [0.2, 0.25) is 0 Å². The van der Waals surface area contributed by atoms with Crippen molar-refractivity contribution in [2.45, 2.75) is 39.7 Å². The topological polar surface area (TPSA) is 81.4 Å². The van der Waals surface area contributed by atoms with Gasteiger partial charge in [-0.25, -0.2) is 0 Å². The fourth-order valence-electron chi connectivity index (χ4n) is 2.31. The number of nitrogens with zero attached hydrogens (tertiary/aromatic N) is 1. The number of hydrogen-bond donors (Lipinski definition) is 1. The third kappa shape index (κ3) is 3.93. The van der Waals surface area contributed by atoms with Crippen molar-refractivity contribution >= 4 is 17.6 Å². The zero-order valence-corrected chi connectivity index (χ0v) is 12.7. The van der Waals surface area contributed by atoms with Gasteiger partial charge in [-0.3, -0.25) is 9.59 Å². The molecule has 2 atom stereocenters. The Kier molecular flexibility index (Phi) is 4.16. The summed E-state index contributed by atoms with van der Waals surface area (Å²) in [7, 11) is 0. The molecule has 6 heteroatoms. The van der Waals surface area contributed by atoms with E-state index >= 15 is 0 Å². The van der Waals surface area contributed by atoms with Gasteiger partial charge in [0.25, 0.3) is 0 Å². The normalized spacial score (nSPS) is 22.7. The van der Waals surface area contributed by atoms with Gasteiger partial charge in [-0.05, 0) is 33.1 Å². The Balaban J connectivity index is 2.09. The van der Waals surface area contributed by atoms with E-state index in [0.29, 0.717) is 12.2 Å². The molecule has 2 rings (SSSR count). The van der Waals surface area contributed by atoms with Gasteiger partial charge >= 0.3 is 5.97 Å². The number of esters is 1. The molecule has 1 N–H and O–H groups in total. The van der Waals surface area contributed by atoms with Gasteiger partial charge in [0.15, 0.2) is 11.6 Å². The first kappa shape index (κ1) is 15.3. The number of allylic oxidation sites excluding steroid dienone is 2. The van der Waals surface area contributed by atoms with Crippen molar-refractivity contribution in [1.29, 1.82) is 0 Å². The molecule has 0 radical (unpaired) electrons. The Bertz CT molecular complexity index is 555. The minimum Gasteiger partial charge on any atom is -0.459 e. The Labute approximate surface area is 123 Å². The van der Waals surface area contributed by atoms with Gasteiger partial charge in [0.05, 0.1) is 0 Å². The number of ketones is 1. The maximum atomic E-state index is 12.2. The molecule has 0 aliphatic heterocycles. The van der Waals surface area contributed by atoms with Crippen LogP contribution in [0.15, 0.2) is 28.6 Å². The lowest BCUT2D eigenvalue weighted by Gasteiger charge is -2.29. The molecule has 0 fully saturated rings. The van der Waals surface area contributed by atoms with Crippen LogP contribution in [0.25, 0.3) is 0 Å². The van der Waals surface area contributed by atoms with E-state index in [-0.39, 0.29) is 11.7 Å². The van der Waals surface area contributed by atoms with E-state index in [2.05, 4.69) is 10.5 Å². The third-order valence-corrected chi connectivity index (χ3v) is 3.12. The zero-order chi connectivity index (χ0) is 15.6. The van der Waals surface area contributed by atoms with Crippen LogP contribution in [0, 0.1) is 11.8 Å². The Morgan fingerprint density at radius 3 is 2.71 bits per heavy atom. The summed E-state index contributed by atoms with van der Waals surface area (Å²) in [5, 5.41) is 6.75. The average molecular weight is 292 g/mol.